The SMILES string of the molecule is O=C(Nc1nc2cc(-c3ccsc3)ccc2o1)c1ccccn1. The molecule has 0 unspecified atom stereocenters. The Morgan fingerprint density at radius 1 is 1.13 bits per heavy atom. The number of hydrogen-bond acceptors (Lipinski definition) is 5. The van der Waals surface area contributed by atoms with Crippen molar-refractivity contribution in [1.82, 2.24) is 9.97 Å². The van der Waals surface area contributed by atoms with Crippen LogP contribution in [0.25, 0.3) is 22.2 Å². The molecule has 0 radical (unpaired) electrons. The highest BCUT2D eigenvalue weighted by Crippen LogP contribution is 2.27. The van der Waals surface area contributed by atoms with Crippen LogP contribution in [-0.2, 0) is 0 Å². The van der Waals surface area contributed by atoms with Crippen molar-refractivity contribution in [3.63, 3.8) is 0 Å². The summed E-state index contributed by atoms with van der Waals surface area (Å²) in [4.78, 5) is 20.4. The standard InChI is InChI=1S/C17H11N3O2S/c21-16(13-3-1-2-7-18-13)20-17-19-14-9-11(4-5-15(14)22-17)12-6-8-23-10-12/h1-10H,(H,19,20,21). The molecule has 5 nitrogen and oxygen atoms in total. The number of thiophene rings is 1. The molecule has 0 saturated carbocycles. The summed E-state index contributed by atoms with van der Waals surface area (Å²) in [5, 5.41) is 6.73. The summed E-state index contributed by atoms with van der Waals surface area (Å²) in [6, 6.07) is 13.1. The number of oxazole rings is 1. The number of pyridine rings is 1. The lowest BCUT2D eigenvalue weighted by Gasteiger charge is -1.98. The van der Waals surface area contributed by atoms with Gasteiger partial charge in [0.15, 0.2) is 5.58 Å². The molecule has 4 rings (SSSR count). The second-order valence-electron chi connectivity index (χ2n) is 4.88. The monoisotopic (exact) mass is 321 g/mol. The van der Waals surface area contributed by atoms with Gasteiger partial charge in [-0.25, -0.2) is 0 Å². The van der Waals surface area contributed by atoms with Crippen LogP contribution in [0, 0.1) is 0 Å². The summed E-state index contributed by atoms with van der Waals surface area (Å²) < 4.78 is 5.56. The molecule has 6 heteroatoms. The van der Waals surface area contributed by atoms with Crippen LogP contribution in [0.3, 0.4) is 0 Å². The van der Waals surface area contributed by atoms with Crippen LogP contribution < -0.4 is 5.32 Å². The van der Waals surface area contributed by atoms with Crippen molar-refractivity contribution in [2.75, 3.05) is 5.32 Å². The van der Waals surface area contributed by atoms with Crippen LogP contribution in [0.1, 0.15) is 10.5 Å². The molecular weight excluding hydrogens is 310 g/mol. The smallest absolute Gasteiger partial charge is 0.302 e. The van der Waals surface area contributed by atoms with Gasteiger partial charge in [-0.05, 0) is 52.2 Å². The van der Waals surface area contributed by atoms with Gasteiger partial charge in [0.2, 0.25) is 0 Å². The maximum Gasteiger partial charge on any atom is 0.302 e. The van der Waals surface area contributed by atoms with E-state index >= 15 is 0 Å². The van der Waals surface area contributed by atoms with Gasteiger partial charge >= 0.3 is 6.01 Å². The topological polar surface area (TPSA) is 68.0 Å². The maximum atomic E-state index is 12.1. The molecule has 0 saturated heterocycles. The molecule has 0 spiro atoms. The van der Waals surface area contributed by atoms with Gasteiger partial charge in [0.25, 0.3) is 5.91 Å². The first-order chi connectivity index (χ1) is 11.3. The van der Waals surface area contributed by atoms with Gasteiger partial charge in [0.1, 0.15) is 11.2 Å². The van der Waals surface area contributed by atoms with E-state index in [4.69, 9.17) is 4.42 Å². The first-order valence-electron chi connectivity index (χ1n) is 6.95. The number of amides is 1. The fraction of sp³-hybridized carbons (Fsp3) is 0. The van der Waals surface area contributed by atoms with E-state index in [1.54, 1.807) is 35.7 Å². The second-order valence-corrected chi connectivity index (χ2v) is 5.66. The van der Waals surface area contributed by atoms with Gasteiger partial charge in [0.05, 0.1) is 0 Å². The summed E-state index contributed by atoms with van der Waals surface area (Å²) in [7, 11) is 0. The number of benzene rings is 1. The Morgan fingerprint density at radius 3 is 2.87 bits per heavy atom. The quantitative estimate of drug-likeness (QED) is 0.614. The van der Waals surface area contributed by atoms with E-state index in [2.05, 4.69) is 26.7 Å². The lowest BCUT2D eigenvalue weighted by Crippen LogP contribution is -2.13. The highest BCUT2D eigenvalue weighted by molar-refractivity contribution is 7.08. The highest BCUT2D eigenvalue weighted by Gasteiger charge is 2.12. The molecule has 1 amide bonds. The third-order valence-corrected chi connectivity index (χ3v) is 4.04. The third-order valence-electron chi connectivity index (χ3n) is 3.36. The summed E-state index contributed by atoms with van der Waals surface area (Å²) in [5.41, 5.74) is 3.84. The van der Waals surface area contributed by atoms with Gasteiger partial charge in [-0.3, -0.25) is 15.1 Å². The Hall–Kier alpha value is -2.99. The van der Waals surface area contributed by atoms with Gasteiger partial charge in [-0.15, -0.1) is 0 Å². The van der Waals surface area contributed by atoms with Crippen molar-refractivity contribution in [3.05, 3.63) is 65.1 Å². The molecule has 0 aliphatic heterocycles. The Labute approximate surface area is 135 Å². The minimum absolute atomic E-state index is 0.165. The number of aromatic nitrogens is 2. The predicted octanol–water partition coefficient (Wildman–Crippen LogP) is 4.20. The number of carbonyl (C=O) groups is 1. The van der Waals surface area contributed by atoms with Crippen molar-refractivity contribution in [1.29, 1.82) is 0 Å². The van der Waals surface area contributed by atoms with Gasteiger partial charge < -0.3 is 4.42 Å². The minimum atomic E-state index is -0.352. The molecule has 112 valence electrons. The number of carbonyl (C=O) groups excluding carboxylic acids is 1. The predicted molar refractivity (Wildman–Crippen MR) is 89.5 cm³/mol. The van der Waals surface area contributed by atoms with Crippen molar-refractivity contribution in [3.8, 4) is 11.1 Å². The normalized spacial score (nSPS) is 10.8. The molecule has 4 aromatic rings. The number of hydrogen-bond donors (Lipinski definition) is 1. The van der Waals surface area contributed by atoms with Crippen LogP contribution in [-0.4, -0.2) is 15.9 Å². The fourth-order valence-corrected chi connectivity index (χ4v) is 2.91. The van der Waals surface area contributed by atoms with Crippen LogP contribution in [0.15, 0.2) is 63.8 Å². The zero-order chi connectivity index (χ0) is 15.6. The first kappa shape index (κ1) is 13.7. The first-order valence-corrected chi connectivity index (χ1v) is 7.89. The van der Waals surface area contributed by atoms with E-state index < -0.39 is 0 Å². The van der Waals surface area contributed by atoms with E-state index in [1.807, 2.05) is 23.6 Å². The van der Waals surface area contributed by atoms with E-state index in [0.29, 0.717) is 16.8 Å². The van der Waals surface area contributed by atoms with Crippen molar-refractivity contribution < 1.29 is 9.21 Å². The number of anilines is 1. The second kappa shape index (κ2) is 5.66. The zero-order valence-corrected chi connectivity index (χ0v) is 12.7. The Morgan fingerprint density at radius 2 is 2.09 bits per heavy atom. The molecule has 0 fully saturated rings. The molecular formula is C17H11N3O2S. The summed E-state index contributed by atoms with van der Waals surface area (Å²) in [5.74, 6) is -0.352. The number of nitrogens with one attached hydrogen (secondary N) is 1. The molecule has 0 aliphatic carbocycles. The molecule has 1 aromatic carbocycles. The van der Waals surface area contributed by atoms with E-state index in [0.717, 1.165) is 11.1 Å². The molecule has 23 heavy (non-hydrogen) atoms. The molecule has 1 N–H and O–H groups in total. The summed E-state index contributed by atoms with van der Waals surface area (Å²) in [6.07, 6.45) is 1.56. The number of nitrogens with zero attached hydrogens (tertiary/aromatic N) is 2. The fourth-order valence-electron chi connectivity index (χ4n) is 2.25. The summed E-state index contributed by atoms with van der Waals surface area (Å²) >= 11 is 1.64. The zero-order valence-electron chi connectivity index (χ0n) is 11.9. The lowest BCUT2D eigenvalue weighted by molar-refractivity contribution is 0.101. The molecule has 3 heterocycles. The summed E-state index contributed by atoms with van der Waals surface area (Å²) in [6.45, 7) is 0. The van der Waals surface area contributed by atoms with Crippen molar-refractivity contribution >= 4 is 34.4 Å². The average Bonchev–Trinajstić information content (AvgIpc) is 3.24. The van der Waals surface area contributed by atoms with Crippen LogP contribution in [0.2, 0.25) is 0 Å². The van der Waals surface area contributed by atoms with E-state index in [1.165, 1.54) is 0 Å². The largest absolute Gasteiger partial charge is 0.423 e. The van der Waals surface area contributed by atoms with E-state index in [9.17, 15) is 4.79 Å². The Kier molecular flexibility index (Phi) is 3.36. The number of fused-ring (bicyclic) bond motifs is 1. The van der Waals surface area contributed by atoms with Gasteiger partial charge in [0, 0.05) is 6.20 Å². The lowest BCUT2D eigenvalue weighted by atomic mass is 10.1. The van der Waals surface area contributed by atoms with Crippen molar-refractivity contribution in [2.24, 2.45) is 0 Å². The third kappa shape index (κ3) is 2.72. The number of rotatable bonds is 3. The van der Waals surface area contributed by atoms with Crippen LogP contribution in [0.5, 0.6) is 0 Å². The van der Waals surface area contributed by atoms with Crippen molar-refractivity contribution in [2.45, 2.75) is 0 Å². The van der Waals surface area contributed by atoms with Crippen LogP contribution >= 0.6 is 11.3 Å². The van der Waals surface area contributed by atoms with Gasteiger partial charge in [-0.1, -0.05) is 12.1 Å². The highest BCUT2D eigenvalue weighted by atomic mass is 32.1. The Balaban J connectivity index is 1.63. The van der Waals surface area contributed by atoms with Gasteiger partial charge in [-0.2, -0.15) is 16.3 Å². The average molecular weight is 321 g/mol. The van der Waals surface area contributed by atoms with E-state index in [-0.39, 0.29) is 11.9 Å². The molecule has 0 bridgehead atoms. The minimum Gasteiger partial charge on any atom is -0.423 e. The Bertz CT molecular complexity index is 962. The maximum absolute atomic E-state index is 12.1. The molecule has 3 aromatic heterocycles. The van der Waals surface area contributed by atoms with Crippen LogP contribution in [0.4, 0.5) is 6.01 Å². The molecule has 0 atom stereocenters. The molecule has 0 aliphatic rings.